The lowest BCUT2D eigenvalue weighted by Gasteiger charge is -2.26. The van der Waals surface area contributed by atoms with Gasteiger partial charge in [-0.15, -0.1) is 22.7 Å². The molecule has 11 rings (SSSR count). The van der Waals surface area contributed by atoms with Gasteiger partial charge in [-0.25, -0.2) is 0 Å². The Labute approximate surface area is 308 Å². The van der Waals surface area contributed by atoms with E-state index in [9.17, 15) is 0 Å². The van der Waals surface area contributed by atoms with Gasteiger partial charge >= 0.3 is 0 Å². The van der Waals surface area contributed by atoms with E-state index in [4.69, 9.17) is 4.42 Å². The molecule has 2 nitrogen and oxygen atoms in total. The topological polar surface area (TPSA) is 16.4 Å². The molecule has 0 amide bonds. The van der Waals surface area contributed by atoms with E-state index in [1.54, 1.807) is 0 Å². The maximum atomic E-state index is 6.39. The lowest BCUT2D eigenvalue weighted by Crippen LogP contribution is -2.10. The molecule has 3 aromatic heterocycles. The van der Waals surface area contributed by atoms with Gasteiger partial charge in [0.15, 0.2) is 0 Å². The second kappa shape index (κ2) is 11.7. The monoisotopic (exact) mass is 699 g/mol. The largest absolute Gasteiger partial charge is 0.456 e. The van der Waals surface area contributed by atoms with E-state index < -0.39 is 0 Å². The van der Waals surface area contributed by atoms with Gasteiger partial charge in [0, 0.05) is 74.2 Å². The van der Waals surface area contributed by atoms with Crippen LogP contribution in [0.3, 0.4) is 0 Å². The van der Waals surface area contributed by atoms with E-state index in [-0.39, 0.29) is 0 Å². The summed E-state index contributed by atoms with van der Waals surface area (Å²) in [5.41, 5.74) is 9.79. The maximum Gasteiger partial charge on any atom is 0.137 e. The van der Waals surface area contributed by atoms with Crippen LogP contribution in [0, 0.1) is 0 Å². The first-order valence-corrected chi connectivity index (χ1v) is 19.1. The summed E-state index contributed by atoms with van der Waals surface area (Å²) in [5, 5.41) is 7.52. The van der Waals surface area contributed by atoms with Crippen LogP contribution in [0.4, 0.5) is 17.1 Å². The molecule has 3 heterocycles. The Bertz CT molecular complexity index is 3150. The number of anilines is 3. The van der Waals surface area contributed by atoms with Gasteiger partial charge in [0.1, 0.15) is 11.2 Å². The number of thiophene rings is 2. The molecule has 0 radical (unpaired) electrons. The number of rotatable bonds is 5. The summed E-state index contributed by atoms with van der Waals surface area (Å²) in [5.74, 6) is 0. The standard InChI is InChI=1S/C48H29NOS2/c1-4-13-43-37(10-1)38-24-22-36(29-44(38)50-43)49(34-20-16-30(17-21-34)32-19-25-47-42(27-32)40-12-3-6-15-46(40)51-47)35-9-7-8-31(26-35)33-18-23-41-39-11-2-5-14-45(39)52-48(41)28-33/h1-29H. The lowest BCUT2D eigenvalue weighted by atomic mass is 10.0. The van der Waals surface area contributed by atoms with Crippen LogP contribution in [0.15, 0.2) is 180 Å². The SMILES string of the molecule is c1cc(-c2ccc3c(c2)sc2ccccc23)cc(N(c2ccc(-c3ccc4sc5ccccc5c4c3)cc2)c2ccc3c(c2)oc2ccccc23)c1. The van der Waals surface area contributed by atoms with Gasteiger partial charge in [-0.3, -0.25) is 0 Å². The van der Waals surface area contributed by atoms with Gasteiger partial charge in [-0.05, 0) is 95.1 Å². The first-order chi connectivity index (χ1) is 25.7. The quantitative estimate of drug-likeness (QED) is 0.178. The van der Waals surface area contributed by atoms with E-state index in [1.807, 2.05) is 34.8 Å². The molecular formula is C48H29NOS2. The number of furan rings is 1. The fraction of sp³-hybridized carbons (Fsp3) is 0. The van der Waals surface area contributed by atoms with E-state index >= 15 is 0 Å². The van der Waals surface area contributed by atoms with Crippen LogP contribution in [-0.4, -0.2) is 0 Å². The highest BCUT2D eigenvalue weighted by atomic mass is 32.1. The highest BCUT2D eigenvalue weighted by Crippen LogP contribution is 2.42. The summed E-state index contributed by atoms with van der Waals surface area (Å²) in [6.45, 7) is 0. The molecule has 0 atom stereocenters. The molecule has 52 heavy (non-hydrogen) atoms. The Morgan fingerprint density at radius 2 is 0.865 bits per heavy atom. The third-order valence-electron chi connectivity index (χ3n) is 10.3. The second-order valence-corrected chi connectivity index (χ2v) is 15.5. The highest BCUT2D eigenvalue weighted by Gasteiger charge is 2.17. The van der Waals surface area contributed by atoms with Crippen LogP contribution in [0.5, 0.6) is 0 Å². The van der Waals surface area contributed by atoms with Gasteiger partial charge in [0.25, 0.3) is 0 Å². The van der Waals surface area contributed by atoms with Crippen LogP contribution in [0.2, 0.25) is 0 Å². The Kier molecular flexibility index (Phi) is 6.63. The predicted molar refractivity (Wildman–Crippen MR) is 225 cm³/mol. The zero-order valence-corrected chi connectivity index (χ0v) is 29.5. The Morgan fingerprint density at radius 1 is 0.308 bits per heavy atom. The summed E-state index contributed by atoms with van der Waals surface area (Å²) < 4.78 is 11.7. The molecule has 0 bridgehead atoms. The predicted octanol–water partition coefficient (Wildman–Crippen LogP) is 15.1. The summed E-state index contributed by atoms with van der Waals surface area (Å²) in [7, 11) is 0. The molecule has 0 aliphatic rings. The van der Waals surface area contributed by atoms with Gasteiger partial charge < -0.3 is 9.32 Å². The molecule has 244 valence electrons. The molecule has 11 aromatic rings. The number of para-hydroxylation sites is 1. The highest BCUT2D eigenvalue weighted by molar-refractivity contribution is 7.26. The Balaban J connectivity index is 1.03. The molecule has 0 saturated heterocycles. The molecule has 0 unspecified atom stereocenters. The van der Waals surface area contributed by atoms with Crippen molar-refractivity contribution in [2.45, 2.75) is 0 Å². The first kappa shape index (κ1) is 29.5. The summed E-state index contributed by atoms with van der Waals surface area (Å²) in [6, 6.07) is 63.8. The van der Waals surface area contributed by atoms with Crippen LogP contribution < -0.4 is 4.90 Å². The zero-order chi connectivity index (χ0) is 34.2. The second-order valence-electron chi connectivity index (χ2n) is 13.3. The molecule has 8 aromatic carbocycles. The molecule has 0 saturated carbocycles. The molecular weight excluding hydrogens is 671 g/mol. The number of fused-ring (bicyclic) bond motifs is 9. The number of hydrogen-bond donors (Lipinski definition) is 0. The third kappa shape index (κ3) is 4.76. The average Bonchev–Trinajstić information content (AvgIpc) is 3.89. The lowest BCUT2D eigenvalue weighted by molar-refractivity contribution is 0.669. The van der Waals surface area contributed by atoms with Crippen molar-refractivity contribution in [3.05, 3.63) is 176 Å². The van der Waals surface area contributed by atoms with Gasteiger partial charge in [0.2, 0.25) is 0 Å². The van der Waals surface area contributed by atoms with Gasteiger partial charge in [-0.2, -0.15) is 0 Å². The minimum atomic E-state index is 0.878. The van der Waals surface area contributed by atoms with Gasteiger partial charge in [0.05, 0.1) is 0 Å². The Hall–Kier alpha value is -6.20. The Morgan fingerprint density at radius 3 is 1.71 bits per heavy atom. The van der Waals surface area contributed by atoms with E-state index in [2.05, 4.69) is 169 Å². The van der Waals surface area contributed by atoms with Crippen molar-refractivity contribution in [1.82, 2.24) is 0 Å². The van der Waals surface area contributed by atoms with Crippen molar-refractivity contribution in [2.75, 3.05) is 4.90 Å². The van der Waals surface area contributed by atoms with Crippen molar-refractivity contribution in [1.29, 1.82) is 0 Å². The maximum absolute atomic E-state index is 6.39. The van der Waals surface area contributed by atoms with Crippen molar-refractivity contribution in [3.63, 3.8) is 0 Å². The molecule has 0 fully saturated rings. The minimum absolute atomic E-state index is 0.878. The average molecular weight is 700 g/mol. The fourth-order valence-corrected chi connectivity index (χ4v) is 9.97. The molecule has 4 heteroatoms. The van der Waals surface area contributed by atoms with E-state index in [0.717, 1.165) is 39.0 Å². The number of nitrogens with zero attached hydrogens (tertiary/aromatic N) is 1. The van der Waals surface area contributed by atoms with Gasteiger partial charge in [-0.1, -0.05) is 97.1 Å². The van der Waals surface area contributed by atoms with Crippen molar-refractivity contribution < 1.29 is 4.42 Å². The smallest absolute Gasteiger partial charge is 0.137 e. The minimum Gasteiger partial charge on any atom is -0.456 e. The molecule has 0 aliphatic heterocycles. The summed E-state index contributed by atoms with van der Waals surface area (Å²) in [4.78, 5) is 2.34. The fourth-order valence-electron chi connectivity index (χ4n) is 7.74. The first-order valence-electron chi connectivity index (χ1n) is 17.5. The van der Waals surface area contributed by atoms with E-state index in [1.165, 1.54) is 62.6 Å². The van der Waals surface area contributed by atoms with Crippen LogP contribution in [0.25, 0.3) is 84.5 Å². The molecule has 0 aliphatic carbocycles. The van der Waals surface area contributed by atoms with Crippen molar-refractivity contribution in [3.8, 4) is 22.3 Å². The molecule has 0 spiro atoms. The molecule has 0 N–H and O–H groups in total. The zero-order valence-electron chi connectivity index (χ0n) is 27.9. The number of benzene rings is 8. The van der Waals surface area contributed by atoms with Crippen molar-refractivity contribution in [2.24, 2.45) is 0 Å². The van der Waals surface area contributed by atoms with Crippen LogP contribution in [0.1, 0.15) is 0 Å². The summed E-state index contributed by atoms with van der Waals surface area (Å²) >= 11 is 3.71. The van der Waals surface area contributed by atoms with E-state index in [0.29, 0.717) is 0 Å². The normalized spacial score (nSPS) is 11.8. The summed E-state index contributed by atoms with van der Waals surface area (Å²) in [6.07, 6.45) is 0. The number of hydrogen-bond acceptors (Lipinski definition) is 4. The third-order valence-corrected chi connectivity index (χ3v) is 12.6. The van der Waals surface area contributed by atoms with Crippen LogP contribution in [-0.2, 0) is 0 Å². The van der Waals surface area contributed by atoms with Crippen molar-refractivity contribution >= 4 is 102 Å². The van der Waals surface area contributed by atoms with Crippen LogP contribution >= 0.6 is 22.7 Å².